The van der Waals surface area contributed by atoms with E-state index in [0.29, 0.717) is 21.8 Å². The molecule has 0 radical (unpaired) electrons. The maximum Gasteiger partial charge on any atom is 0.153 e. The Balaban J connectivity index is 2.27. The van der Waals surface area contributed by atoms with Crippen molar-refractivity contribution in [2.75, 3.05) is 5.73 Å². The molecule has 106 valence electrons. The van der Waals surface area contributed by atoms with Crippen LogP contribution in [-0.4, -0.2) is 10.2 Å². The average molecular weight is 414 g/mol. The van der Waals surface area contributed by atoms with Gasteiger partial charge >= 0.3 is 0 Å². The molecule has 0 bridgehead atoms. The molecule has 6 heteroatoms. The Morgan fingerprint density at radius 1 is 1.14 bits per heavy atom. The molecule has 0 amide bonds. The molecule has 3 rings (SSSR count). The van der Waals surface area contributed by atoms with E-state index >= 15 is 0 Å². The summed E-state index contributed by atoms with van der Waals surface area (Å²) in [7, 11) is 0. The number of anilines is 1. The molecule has 0 aliphatic carbocycles. The number of hydrogen-bond donors (Lipinski definition) is 2. The Morgan fingerprint density at radius 3 is 2.67 bits per heavy atom. The summed E-state index contributed by atoms with van der Waals surface area (Å²) >= 11 is 8.25. The van der Waals surface area contributed by atoms with Crippen LogP contribution >= 0.6 is 34.2 Å². The summed E-state index contributed by atoms with van der Waals surface area (Å²) in [5, 5.41) is 7.50. The molecule has 3 aromatic rings. The zero-order chi connectivity index (χ0) is 15.0. The van der Waals surface area contributed by atoms with E-state index in [4.69, 9.17) is 17.3 Å². The lowest BCUT2D eigenvalue weighted by Gasteiger charge is -2.08. The smallest absolute Gasteiger partial charge is 0.153 e. The van der Waals surface area contributed by atoms with Crippen LogP contribution in [0.15, 0.2) is 42.5 Å². The van der Waals surface area contributed by atoms with Crippen molar-refractivity contribution in [3.8, 4) is 22.4 Å². The summed E-state index contributed by atoms with van der Waals surface area (Å²) < 4.78 is 15.1. The van der Waals surface area contributed by atoms with Crippen LogP contribution in [0, 0.1) is 9.39 Å². The van der Waals surface area contributed by atoms with Crippen molar-refractivity contribution in [2.24, 2.45) is 0 Å². The Labute approximate surface area is 139 Å². The fourth-order valence-corrected chi connectivity index (χ4v) is 2.95. The first-order chi connectivity index (χ1) is 10.1. The minimum Gasteiger partial charge on any atom is -0.382 e. The van der Waals surface area contributed by atoms with Gasteiger partial charge in [-0.1, -0.05) is 29.8 Å². The SMILES string of the molecule is Nc1n[nH]c(-c2cc(Cl)ccc2I)c1-c1ccccc1F. The predicted octanol–water partition coefficient (Wildman–Crippen LogP) is 4.72. The number of H-pyrrole nitrogens is 1. The Bertz CT molecular complexity index is 816. The van der Waals surface area contributed by atoms with Crippen LogP contribution in [0.5, 0.6) is 0 Å². The van der Waals surface area contributed by atoms with Gasteiger partial charge in [-0.25, -0.2) is 4.39 Å². The van der Waals surface area contributed by atoms with Crippen LogP contribution in [0.3, 0.4) is 0 Å². The molecule has 0 aliphatic rings. The van der Waals surface area contributed by atoms with Crippen LogP contribution in [-0.2, 0) is 0 Å². The number of benzene rings is 2. The fraction of sp³-hybridized carbons (Fsp3) is 0. The monoisotopic (exact) mass is 413 g/mol. The van der Waals surface area contributed by atoms with E-state index in [1.807, 2.05) is 6.07 Å². The van der Waals surface area contributed by atoms with Crippen molar-refractivity contribution in [3.63, 3.8) is 0 Å². The summed E-state index contributed by atoms with van der Waals surface area (Å²) in [5.74, 6) is -0.0882. The lowest BCUT2D eigenvalue weighted by atomic mass is 10.0. The second-order valence-electron chi connectivity index (χ2n) is 4.46. The highest BCUT2D eigenvalue weighted by atomic mass is 127. The highest BCUT2D eigenvalue weighted by Gasteiger charge is 2.19. The molecule has 1 aromatic heterocycles. The van der Waals surface area contributed by atoms with Gasteiger partial charge in [0.2, 0.25) is 0 Å². The van der Waals surface area contributed by atoms with E-state index in [2.05, 4.69) is 32.8 Å². The van der Waals surface area contributed by atoms with Crippen LogP contribution in [0.25, 0.3) is 22.4 Å². The first kappa shape index (κ1) is 14.3. The zero-order valence-electron chi connectivity index (χ0n) is 10.7. The maximum absolute atomic E-state index is 14.1. The van der Waals surface area contributed by atoms with Crippen molar-refractivity contribution in [2.45, 2.75) is 0 Å². The maximum atomic E-state index is 14.1. The molecule has 0 saturated heterocycles. The number of hydrogen-bond acceptors (Lipinski definition) is 2. The molecule has 3 N–H and O–H groups in total. The summed E-state index contributed by atoms with van der Waals surface area (Å²) in [4.78, 5) is 0. The number of nitrogens with zero attached hydrogens (tertiary/aromatic N) is 1. The molecular weight excluding hydrogens is 404 g/mol. The Hall–Kier alpha value is -1.60. The number of aromatic amines is 1. The minimum atomic E-state index is -0.344. The van der Waals surface area contributed by atoms with E-state index in [-0.39, 0.29) is 11.6 Å². The molecule has 0 spiro atoms. The van der Waals surface area contributed by atoms with Crippen LogP contribution in [0.4, 0.5) is 10.2 Å². The molecule has 0 aliphatic heterocycles. The third-order valence-corrected chi connectivity index (χ3v) is 4.31. The highest BCUT2D eigenvalue weighted by Crippen LogP contribution is 2.38. The van der Waals surface area contributed by atoms with E-state index < -0.39 is 0 Å². The van der Waals surface area contributed by atoms with Crippen molar-refractivity contribution in [1.82, 2.24) is 10.2 Å². The van der Waals surface area contributed by atoms with E-state index in [9.17, 15) is 4.39 Å². The molecule has 3 nitrogen and oxygen atoms in total. The Morgan fingerprint density at radius 2 is 1.90 bits per heavy atom. The van der Waals surface area contributed by atoms with Gasteiger partial charge in [0.25, 0.3) is 0 Å². The normalized spacial score (nSPS) is 10.8. The van der Waals surface area contributed by atoms with Gasteiger partial charge in [0.15, 0.2) is 5.82 Å². The summed E-state index contributed by atoms with van der Waals surface area (Å²) in [6.07, 6.45) is 0. The largest absolute Gasteiger partial charge is 0.382 e. The van der Waals surface area contributed by atoms with Crippen molar-refractivity contribution in [1.29, 1.82) is 0 Å². The van der Waals surface area contributed by atoms with E-state index in [1.54, 1.807) is 30.3 Å². The van der Waals surface area contributed by atoms with Crippen molar-refractivity contribution < 1.29 is 4.39 Å². The van der Waals surface area contributed by atoms with Gasteiger partial charge in [-0.3, -0.25) is 5.10 Å². The van der Waals surface area contributed by atoms with Crippen molar-refractivity contribution >= 4 is 40.0 Å². The molecule has 0 unspecified atom stereocenters. The van der Waals surface area contributed by atoms with Gasteiger partial charge in [-0.15, -0.1) is 0 Å². The average Bonchev–Trinajstić information content (AvgIpc) is 2.84. The van der Waals surface area contributed by atoms with Crippen LogP contribution in [0.1, 0.15) is 0 Å². The van der Waals surface area contributed by atoms with Gasteiger partial charge in [0, 0.05) is 19.7 Å². The van der Waals surface area contributed by atoms with Gasteiger partial charge in [-0.2, -0.15) is 5.10 Å². The topological polar surface area (TPSA) is 54.7 Å². The lowest BCUT2D eigenvalue weighted by Crippen LogP contribution is -1.92. The second-order valence-corrected chi connectivity index (χ2v) is 6.06. The van der Waals surface area contributed by atoms with Crippen molar-refractivity contribution in [3.05, 3.63) is 56.9 Å². The number of nitrogens with two attached hydrogens (primary N) is 1. The van der Waals surface area contributed by atoms with Gasteiger partial charge in [-0.05, 0) is 46.9 Å². The summed E-state index contributed by atoms with van der Waals surface area (Å²) in [6.45, 7) is 0. The molecular formula is C15H10ClFIN3. The zero-order valence-corrected chi connectivity index (χ0v) is 13.6. The summed E-state index contributed by atoms with van der Waals surface area (Å²) in [6, 6.07) is 12.0. The fourth-order valence-electron chi connectivity index (χ4n) is 2.18. The standard InChI is InChI=1S/C15H10ClFIN3/c16-8-5-6-12(18)10(7-8)14-13(15(19)21-20-14)9-3-1-2-4-11(9)17/h1-7H,(H3,19,20,21). The molecule has 2 aromatic carbocycles. The third-order valence-electron chi connectivity index (χ3n) is 3.14. The number of halogens is 3. The molecule has 0 fully saturated rings. The number of nitrogen functional groups attached to an aromatic ring is 1. The van der Waals surface area contributed by atoms with Gasteiger partial charge in [0.05, 0.1) is 11.3 Å². The number of aromatic nitrogens is 2. The minimum absolute atomic E-state index is 0.255. The highest BCUT2D eigenvalue weighted by molar-refractivity contribution is 14.1. The lowest BCUT2D eigenvalue weighted by molar-refractivity contribution is 0.631. The first-order valence-electron chi connectivity index (χ1n) is 6.12. The van der Waals surface area contributed by atoms with E-state index in [1.165, 1.54) is 6.07 Å². The molecule has 0 atom stereocenters. The molecule has 1 heterocycles. The quantitative estimate of drug-likeness (QED) is 0.597. The third kappa shape index (κ3) is 2.63. The summed E-state index contributed by atoms with van der Waals surface area (Å²) in [5.41, 5.74) is 8.38. The van der Waals surface area contributed by atoms with Gasteiger partial charge < -0.3 is 5.73 Å². The first-order valence-corrected chi connectivity index (χ1v) is 7.57. The van der Waals surface area contributed by atoms with Crippen LogP contribution < -0.4 is 5.73 Å². The van der Waals surface area contributed by atoms with E-state index in [0.717, 1.165) is 9.13 Å². The molecule has 0 saturated carbocycles. The molecule has 21 heavy (non-hydrogen) atoms. The number of rotatable bonds is 2. The Kier molecular flexibility index (Phi) is 3.86. The van der Waals surface area contributed by atoms with Crippen LogP contribution in [0.2, 0.25) is 5.02 Å². The second kappa shape index (κ2) is 5.65. The van der Waals surface area contributed by atoms with Gasteiger partial charge in [0.1, 0.15) is 5.82 Å². The predicted molar refractivity (Wildman–Crippen MR) is 91.6 cm³/mol. The number of nitrogens with one attached hydrogen (secondary N) is 1.